The molecule has 2 N–H and O–H groups in total. The first-order valence-electron chi connectivity index (χ1n) is 8.39. The van der Waals surface area contributed by atoms with Crippen molar-refractivity contribution in [2.45, 2.75) is 30.9 Å². The first-order chi connectivity index (χ1) is 13.7. The molecule has 1 saturated heterocycles. The lowest BCUT2D eigenvalue weighted by atomic mass is 10.0. The maximum absolute atomic E-state index is 12.6. The second-order valence-electron chi connectivity index (χ2n) is 5.96. The largest absolute Gasteiger partial charge is 0.491 e. The Morgan fingerprint density at radius 1 is 1.10 bits per heavy atom. The molecule has 29 heavy (non-hydrogen) atoms. The van der Waals surface area contributed by atoms with E-state index >= 15 is 0 Å². The van der Waals surface area contributed by atoms with Gasteiger partial charge >= 0.3 is 6.18 Å². The SMILES string of the molecule is FOc1cccc(C(F)(F)F)n1.OC1CCOC(COc2ccc(F)cc2)C1O. The number of pyridine rings is 1. The van der Waals surface area contributed by atoms with Crippen molar-refractivity contribution in [3.8, 4) is 11.6 Å². The Labute approximate surface area is 162 Å². The standard InChI is InChI=1S/C12H15FO4.C6H3F4NO/c13-8-1-3-9(4-2-8)17-7-11-12(15)10(14)5-6-16-11;7-6(8,9)4-2-1-3-5(11-4)12-10/h1-4,10-12,14-15H,5-7H2;1-3H. The third-order valence-electron chi connectivity index (χ3n) is 3.84. The molecule has 0 saturated carbocycles. The monoisotopic (exact) mass is 423 g/mol. The highest BCUT2D eigenvalue weighted by atomic mass is 19.4. The van der Waals surface area contributed by atoms with E-state index in [0.717, 1.165) is 18.2 Å². The van der Waals surface area contributed by atoms with Crippen molar-refractivity contribution in [2.24, 2.45) is 0 Å². The third-order valence-corrected chi connectivity index (χ3v) is 3.84. The van der Waals surface area contributed by atoms with Crippen LogP contribution in [0.25, 0.3) is 0 Å². The number of aliphatic hydroxyl groups excluding tert-OH is 2. The third kappa shape index (κ3) is 7.11. The Hall–Kier alpha value is -2.50. The quantitative estimate of drug-likeness (QED) is 0.736. The molecular weight excluding hydrogens is 405 g/mol. The minimum absolute atomic E-state index is 0.129. The average molecular weight is 423 g/mol. The number of hydrogen-bond acceptors (Lipinski definition) is 6. The van der Waals surface area contributed by atoms with Gasteiger partial charge in [0.05, 0.1) is 6.10 Å². The molecule has 3 unspecified atom stereocenters. The Balaban J connectivity index is 0.000000221. The highest BCUT2D eigenvalue weighted by molar-refractivity contribution is 5.22. The molecule has 1 aliphatic rings. The van der Waals surface area contributed by atoms with Gasteiger partial charge in [0.15, 0.2) is 0 Å². The Kier molecular flexibility index (Phi) is 8.11. The molecule has 1 aromatic heterocycles. The summed E-state index contributed by atoms with van der Waals surface area (Å²) in [6.07, 6.45) is -6.42. The zero-order valence-corrected chi connectivity index (χ0v) is 14.9. The van der Waals surface area contributed by atoms with Gasteiger partial charge in [-0.2, -0.15) is 13.2 Å². The minimum Gasteiger partial charge on any atom is -0.491 e. The van der Waals surface area contributed by atoms with Crippen molar-refractivity contribution >= 4 is 0 Å². The van der Waals surface area contributed by atoms with Crippen LogP contribution in [0.2, 0.25) is 0 Å². The van der Waals surface area contributed by atoms with Crippen LogP contribution in [0, 0.1) is 5.82 Å². The summed E-state index contributed by atoms with van der Waals surface area (Å²) in [5, 5.41) is 19.1. The molecule has 1 aliphatic heterocycles. The molecule has 0 amide bonds. The van der Waals surface area contributed by atoms with Gasteiger partial charge in [0.25, 0.3) is 5.88 Å². The molecule has 0 bridgehead atoms. The molecule has 1 fully saturated rings. The maximum atomic E-state index is 12.6. The molecule has 1 aromatic carbocycles. The van der Waals surface area contributed by atoms with Crippen LogP contribution in [0.3, 0.4) is 0 Å². The normalized spacial score (nSPS) is 21.7. The maximum Gasteiger partial charge on any atom is 0.433 e. The number of halogens is 5. The topological polar surface area (TPSA) is 81.0 Å². The molecule has 3 atom stereocenters. The summed E-state index contributed by atoms with van der Waals surface area (Å²) in [7, 11) is 0. The molecule has 0 radical (unpaired) electrons. The molecule has 0 aliphatic carbocycles. The lowest BCUT2D eigenvalue weighted by molar-refractivity contribution is -0.144. The lowest BCUT2D eigenvalue weighted by Crippen LogP contribution is -2.47. The van der Waals surface area contributed by atoms with Crippen molar-refractivity contribution in [2.75, 3.05) is 13.2 Å². The van der Waals surface area contributed by atoms with Crippen LogP contribution in [0.5, 0.6) is 11.6 Å². The second-order valence-corrected chi connectivity index (χ2v) is 5.96. The van der Waals surface area contributed by atoms with Crippen LogP contribution in [-0.2, 0) is 10.9 Å². The highest BCUT2D eigenvalue weighted by Gasteiger charge is 2.33. The molecule has 160 valence electrons. The Morgan fingerprint density at radius 3 is 2.41 bits per heavy atom. The van der Waals surface area contributed by atoms with Gasteiger partial charge in [0.1, 0.15) is 36.1 Å². The van der Waals surface area contributed by atoms with Crippen molar-refractivity contribution in [1.82, 2.24) is 4.98 Å². The molecular formula is C18H18F5NO5. The lowest BCUT2D eigenvalue weighted by Gasteiger charge is -2.31. The van der Waals surface area contributed by atoms with E-state index in [2.05, 4.69) is 9.93 Å². The van der Waals surface area contributed by atoms with Crippen LogP contribution < -0.4 is 9.68 Å². The van der Waals surface area contributed by atoms with E-state index in [1.165, 1.54) is 24.3 Å². The van der Waals surface area contributed by atoms with E-state index < -0.39 is 36.1 Å². The first kappa shape index (κ1) is 22.8. The van der Waals surface area contributed by atoms with E-state index in [1.54, 1.807) is 0 Å². The van der Waals surface area contributed by atoms with E-state index in [0.29, 0.717) is 18.8 Å². The predicted molar refractivity (Wildman–Crippen MR) is 89.2 cm³/mol. The average Bonchev–Trinajstić information content (AvgIpc) is 2.70. The summed E-state index contributed by atoms with van der Waals surface area (Å²) < 4.78 is 70.2. The minimum atomic E-state index is -4.57. The van der Waals surface area contributed by atoms with Gasteiger partial charge in [-0.3, -0.25) is 4.94 Å². The van der Waals surface area contributed by atoms with Crippen LogP contribution in [0.1, 0.15) is 12.1 Å². The van der Waals surface area contributed by atoms with Gasteiger partial charge in [-0.15, -0.1) is 0 Å². The number of aromatic nitrogens is 1. The van der Waals surface area contributed by atoms with Gasteiger partial charge in [0, 0.05) is 17.2 Å². The second kappa shape index (κ2) is 10.3. The summed E-state index contributed by atoms with van der Waals surface area (Å²) in [6.45, 7) is 0.527. The summed E-state index contributed by atoms with van der Waals surface area (Å²) in [4.78, 5) is 5.88. The van der Waals surface area contributed by atoms with Crippen molar-refractivity contribution in [3.05, 3.63) is 54.0 Å². The molecule has 3 rings (SSSR count). The zero-order chi connectivity index (χ0) is 21.4. The van der Waals surface area contributed by atoms with Crippen LogP contribution in [-0.4, -0.2) is 46.7 Å². The molecule has 0 spiro atoms. The van der Waals surface area contributed by atoms with Crippen molar-refractivity contribution < 1.29 is 46.7 Å². The van der Waals surface area contributed by atoms with Gasteiger partial charge in [-0.25, -0.2) is 9.37 Å². The molecule has 11 heteroatoms. The fourth-order valence-electron chi connectivity index (χ4n) is 2.33. The number of nitrogens with zero attached hydrogens (tertiary/aromatic N) is 1. The molecule has 2 heterocycles. The highest BCUT2D eigenvalue weighted by Crippen LogP contribution is 2.28. The number of alkyl halides is 3. The fraction of sp³-hybridized carbons (Fsp3) is 0.389. The summed E-state index contributed by atoms with van der Waals surface area (Å²) in [5.74, 6) is -0.534. The van der Waals surface area contributed by atoms with Gasteiger partial charge in [0.2, 0.25) is 0 Å². The summed E-state index contributed by atoms with van der Waals surface area (Å²) in [6, 6.07) is 8.30. The number of aliphatic hydroxyl groups is 2. The van der Waals surface area contributed by atoms with E-state index in [4.69, 9.17) is 9.47 Å². The van der Waals surface area contributed by atoms with Crippen LogP contribution >= 0.6 is 0 Å². The number of ether oxygens (including phenoxy) is 2. The van der Waals surface area contributed by atoms with Crippen molar-refractivity contribution in [3.63, 3.8) is 0 Å². The zero-order valence-electron chi connectivity index (χ0n) is 14.9. The number of hydrogen-bond donors (Lipinski definition) is 2. The van der Waals surface area contributed by atoms with Crippen LogP contribution in [0.15, 0.2) is 42.5 Å². The number of benzene rings is 1. The fourth-order valence-corrected chi connectivity index (χ4v) is 2.33. The van der Waals surface area contributed by atoms with Gasteiger partial charge < -0.3 is 19.7 Å². The van der Waals surface area contributed by atoms with Gasteiger partial charge in [-0.1, -0.05) is 6.07 Å². The first-order valence-corrected chi connectivity index (χ1v) is 8.39. The van der Waals surface area contributed by atoms with Gasteiger partial charge in [-0.05, 0) is 36.8 Å². The van der Waals surface area contributed by atoms with Crippen LogP contribution in [0.4, 0.5) is 22.1 Å². The van der Waals surface area contributed by atoms with E-state index in [9.17, 15) is 32.3 Å². The Bertz CT molecular complexity index is 759. The predicted octanol–water partition coefficient (Wildman–Crippen LogP) is 3.08. The molecule has 6 nitrogen and oxygen atoms in total. The van der Waals surface area contributed by atoms with E-state index in [1.807, 2.05) is 0 Å². The molecule has 2 aromatic rings. The van der Waals surface area contributed by atoms with Crippen molar-refractivity contribution in [1.29, 1.82) is 0 Å². The number of rotatable bonds is 4. The van der Waals surface area contributed by atoms with E-state index in [-0.39, 0.29) is 12.4 Å². The summed E-state index contributed by atoms with van der Waals surface area (Å²) in [5.41, 5.74) is -1.18. The smallest absolute Gasteiger partial charge is 0.433 e. The summed E-state index contributed by atoms with van der Waals surface area (Å²) >= 11 is 0. The Morgan fingerprint density at radius 2 is 1.79 bits per heavy atom.